The fourth-order valence-corrected chi connectivity index (χ4v) is 4.56. The molecule has 1 aliphatic heterocycles. The zero-order chi connectivity index (χ0) is 24.9. The zero-order valence-corrected chi connectivity index (χ0v) is 21.8. The van der Waals surface area contributed by atoms with E-state index in [0.717, 1.165) is 55.7 Å². The van der Waals surface area contributed by atoms with Crippen LogP contribution in [0.1, 0.15) is 76.6 Å². The van der Waals surface area contributed by atoms with E-state index in [2.05, 4.69) is 82.1 Å². The highest BCUT2D eigenvalue weighted by Gasteiger charge is 2.26. The fourth-order valence-electron chi connectivity index (χ4n) is 4.56. The van der Waals surface area contributed by atoms with Gasteiger partial charge in [0.05, 0.1) is 0 Å². The number of benzene rings is 2. The molecule has 0 radical (unpaired) electrons. The Labute approximate surface area is 206 Å². The molecule has 0 saturated carbocycles. The number of rotatable bonds is 6. The van der Waals surface area contributed by atoms with E-state index in [9.17, 15) is 9.90 Å². The fraction of sp³-hybridized carbons (Fsp3) is 0.500. The molecule has 2 N–H and O–H groups in total. The van der Waals surface area contributed by atoms with Crippen LogP contribution in [-0.2, 0) is 22.2 Å². The first kappa shape index (κ1) is 26.0. The van der Waals surface area contributed by atoms with E-state index in [-0.39, 0.29) is 16.7 Å². The average Bonchev–Trinajstić information content (AvgIpc) is 2.77. The number of piperidine rings is 1. The minimum Gasteiger partial charge on any atom is -0.507 e. The van der Waals surface area contributed by atoms with Gasteiger partial charge < -0.3 is 10.4 Å². The summed E-state index contributed by atoms with van der Waals surface area (Å²) in [5, 5.41) is 14.0. The highest BCUT2D eigenvalue weighted by atomic mass is 16.3. The summed E-state index contributed by atoms with van der Waals surface area (Å²) in [6, 6.07) is 14.6. The van der Waals surface area contributed by atoms with Crippen molar-refractivity contribution in [3.05, 3.63) is 70.8 Å². The van der Waals surface area contributed by atoms with Gasteiger partial charge in [0.2, 0.25) is 5.91 Å². The van der Waals surface area contributed by atoms with Crippen LogP contribution in [0.5, 0.6) is 5.75 Å². The number of nitrogens with one attached hydrogen (secondary N) is 1. The molecular formula is C30H42N2O2. The van der Waals surface area contributed by atoms with Crippen molar-refractivity contribution in [2.45, 2.75) is 71.8 Å². The van der Waals surface area contributed by atoms with Gasteiger partial charge in [0, 0.05) is 30.3 Å². The maximum Gasteiger partial charge on any atom is 0.244 e. The maximum atomic E-state index is 12.5. The van der Waals surface area contributed by atoms with Gasteiger partial charge in [0.25, 0.3) is 0 Å². The van der Waals surface area contributed by atoms with Gasteiger partial charge in [-0.15, -0.1) is 0 Å². The smallest absolute Gasteiger partial charge is 0.244 e. The third-order valence-corrected chi connectivity index (χ3v) is 6.70. The summed E-state index contributed by atoms with van der Waals surface area (Å²) in [6.07, 6.45) is 5.70. The maximum absolute atomic E-state index is 12.5. The van der Waals surface area contributed by atoms with Crippen molar-refractivity contribution >= 4 is 12.0 Å². The molecule has 1 saturated heterocycles. The molecule has 2 aromatic carbocycles. The number of phenolic OH excluding ortho intramolecular Hbond substituents is 1. The third-order valence-electron chi connectivity index (χ3n) is 6.70. The molecule has 34 heavy (non-hydrogen) atoms. The molecule has 184 valence electrons. The lowest BCUT2D eigenvalue weighted by Crippen LogP contribution is -2.38. The van der Waals surface area contributed by atoms with Crippen molar-refractivity contribution in [1.29, 1.82) is 0 Å². The minimum absolute atomic E-state index is 0.0607. The molecule has 1 heterocycles. The summed E-state index contributed by atoms with van der Waals surface area (Å²) in [4.78, 5) is 15.0. The van der Waals surface area contributed by atoms with Crippen LogP contribution in [0.25, 0.3) is 6.08 Å². The average molecular weight is 463 g/mol. The summed E-state index contributed by atoms with van der Waals surface area (Å²) in [7, 11) is 0. The van der Waals surface area contributed by atoms with Crippen LogP contribution >= 0.6 is 0 Å². The second-order valence-corrected chi connectivity index (χ2v) is 11.7. The van der Waals surface area contributed by atoms with Gasteiger partial charge in [-0.3, -0.25) is 9.69 Å². The number of hydrogen-bond donors (Lipinski definition) is 2. The highest BCUT2D eigenvalue weighted by Crippen LogP contribution is 2.40. The number of hydrogen-bond acceptors (Lipinski definition) is 3. The molecule has 1 fully saturated rings. The van der Waals surface area contributed by atoms with Gasteiger partial charge in [-0.25, -0.2) is 0 Å². The summed E-state index contributed by atoms with van der Waals surface area (Å²) in [5.41, 5.74) is 3.73. The predicted molar refractivity (Wildman–Crippen MR) is 142 cm³/mol. The van der Waals surface area contributed by atoms with E-state index < -0.39 is 0 Å². The number of phenols is 1. The van der Waals surface area contributed by atoms with E-state index in [0.29, 0.717) is 11.7 Å². The van der Waals surface area contributed by atoms with Crippen LogP contribution in [0.4, 0.5) is 0 Å². The van der Waals surface area contributed by atoms with E-state index in [4.69, 9.17) is 0 Å². The van der Waals surface area contributed by atoms with Crippen molar-refractivity contribution < 1.29 is 9.90 Å². The Morgan fingerprint density at radius 3 is 2.09 bits per heavy atom. The van der Waals surface area contributed by atoms with E-state index in [1.54, 1.807) is 6.08 Å². The SMILES string of the molecule is CC(C)(C)c1cc(/C=C/C(=O)NCC2CCN(Cc3ccccc3)CC2)cc(C(C)(C)C)c1O. The van der Waals surface area contributed by atoms with Crippen LogP contribution in [0.15, 0.2) is 48.5 Å². The zero-order valence-electron chi connectivity index (χ0n) is 21.8. The number of likely N-dealkylation sites (tertiary alicyclic amines) is 1. The first-order chi connectivity index (χ1) is 15.9. The molecule has 4 nitrogen and oxygen atoms in total. The lowest BCUT2D eigenvalue weighted by Gasteiger charge is -2.32. The standard InChI is InChI=1S/C30H42N2O2/c1-29(2,3)25-18-24(19-26(28(25)34)30(4,5)6)12-13-27(33)31-20-22-14-16-32(17-15-22)21-23-10-8-7-9-11-23/h7-13,18-19,22,34H,14-17,20-21H2,1-6H3,(H,31,33)/b13-12+. The molecule has 1 amide bonds. The molecular weight excluding hydrogens is 420 g/mol. The minimum atomic E-state index is -0.189. The van der Waals surface area contributed by atoms with E-state index in [1.807, 2.05) is 18.2 Å². The molecule has 1 aliphatic rings. The molecule has 3 rings (SSSR count). The Hall–Kier alpha value is -2.59. The van der Waals surface area contributed by atoms with Gasteiger partial charge in [-0.05, 0) is 72.0 Å². The molecule has 0 unspecified atom stereocenters. The monoisotopic (exact) mass is 462 g/mol. The lowest BCUT2D eigenvalue weighted by atomic mass is 9.78. The first-order valence-electron chi connectivity index (χ1n) is 12.5. The Kier molecular flexibility index (Phi) is 8.25. The Morgan fingerprint density at radius 2 is 1.56 bits per heavy atom. The van der Waals surface area contributed by atoms with Crippen molar-refractivity contribution in [3.63, 3.8) is 0 Å². The number of carbonyl (C=O) groups excluding carboxylic acids is 1. The van der Waals surface area contributed by atoms with Gasteiger partial charge in [0.15, 0.2) is 0 Å². The summed E-state index contributed by atoms with van der Waals surface area (Å²) >= 11 is 0. The second kappa shape index (κ2) is 10.8. The number of amides is 1. The number of carbonyl (C=O) groups is 1. The molecule has 0 aliphatic carbocycles. The van der Waals surface area contributed by atoms with Gasteiger partial charge in [-0.1, -0.05) is 71.9 Å². The normalized spacial score (nSPS) is 16.2. The van der Waals surface area contributed by atoms with Gasteiger partial charge >= 0.3 is 0 Å². The predicted octanol–water partition coefficient (Wildman–Crippen LogP) is 6.03. The van der Waals surface area contributed by atoms with Crippen LogP contribution in [0, 0.1) is 5.92 Å². The van der Waals surface area contributed by atoms with E-state index in [1.165, 1.54) is 5.56 Å². The molecule has 0 bridgehead atoms. The Bertz CT molecular complexity index is 954. The van der Waals surface area contributed by atoms with Gasteiger partial charge in [0.1, 0.15) is 5.75 Å². The van der Waals surface area contributed by atoms with Gasteiger partial charge in [-0.2, -0.15) is 0 Å². The number of aromatic hydroxyl groups is 1. The molecule has 0 spiro atoms. The number of nitrogens with zero attached hydrogens (tertiary/aromatic N) is 1. The van der Waals surface area contributed by atoms with Crippen molar-refractivity contribution in [3.8, 4) is 5.75 Å². The van der Waals surface area contributed by atoms with E-state index >= 15 is 0 Å². The van der Waals surface area contributed by atoms with Crippen LogP contribution in [0.3, 0.4) is 0 Å². The largest absolute Gasteiger partial charge is 0.507 e. The Morgan fingerprint density at radius 1 is 1.00 bits per heavy atom. The summed E-state index contributed by atoms with van der Waals surface area (Å²) < 4.78 is 0. The van der Waals surface area contributed by atoms with Crippen molar-refractivity contribution in [2.24, 2.45) is 5.92 Å². The van der Waals surface area contributed by atoms with Crippen molar-refractivity contribution in [1.82, 2.24) is 10.2 Å². The van der Waals surface area contributed by atoms with Crippen LogP contribution in [0.2, 0.25) is 0 Å². The topological polar surface area (TPSA) is 52.6 Å². The Balaban J connectivity index is 1.55. The molecule has 0 atom stereocenters. The summed E-state index contributed by atoms with van der Waals surface area (Å²) in [6.45, 7) is 16.5. The highest BCUT2D eigenvalue weighted by molar-refractivity contribution is 5.91. The van der Waals surface area contributed by atoms with Crippen molar-refractivity contribution in [2.75, 3.05) is 19.6 Å². The first-order valence-corrected chi connectivity index (χ1v) is 12.5. The molecule has 2 aromatic rings. The quantitative estimate of drug-likeness (QED) is 0.516. The third kappa shape index (κ3) is 7.20. The summed E-state index contributed by atoms with van der Waals surface area (Å²) in [5.74, 6) is 0.827. The molecule has 4 heteroatoms. The lowest BCUT2D eigenvalue weighted by molar-refractivity contribution is -0.116. The van der Waals surface area contributed by atoms with Crippen LogP contribution < -0.4 is 5.32 Å². The van der Waals surface area contributed by atoms with Crippen LogP contribution in [-0.4, -0.2) is 35.5 Å². The second-order valence-electron chi connectivity index (χ2n) is 11.7. The molecule has 0 aromatic heterocycles.